The highest BCUT2D eigenvalue weighted by atomic mass is 35.5. The van der Waals surface area contributed by atoms with Crippen molar-refractivity contribution in [3.05, 3.63) is 16.1 Å². The van der Waals surface area contributed by atoms with E-state index in [2.05, 4.69) is 10.3 Å². The number of carbonyl (C=O) groups is 1. The fraction of sp³-hybridized carbons (Fsp3) is 0.750. The molecule has 2 fully saturated rings. The molecular weight excluding hydrogens is 318 g/mol. The van der Waals surface area contributed by atoms with Crippen molar-refractivity contribution in [3.8, 4) is 0 Å². The summed E-state index contributed by atoms with van der Waals surface area (Å²) < 4.78 is 0. The lowest BCUT2D eigenvalue weighted by atomic mass is 9.79. The minimum absolute atomic E-state index is 0. The van der Waals surface area contributed by atoms with Gasteiger partial charge in [0, 0.05) is 18.5 Å². The summed E-state index contributed by atoms with van der Waals surface area (Å²) in [5.41, 5.74) is 0.933. The van der Waals surface area contributed by atoms with Gasteiger partial charge in [-0.15, -0.1) is 23.7 Å². The molecule has 0 aliphatic carbocycles. The minimum atomic E-state index is 0. The molecule has 22 heavy (non-hydrogen) atoms. The van der Waals surface area contributed by atoms with Gasteiger partial charge in [-0.3, -0.25) is 4.79 Å². The first-order valence-corrected chi connectivity index (χ1v) is 9.00. The van der Waals surface area contributed by atoms with Gasteiger partial charge in [-0.1, -0.05) is 0 Å². The highest BCUT2D eigenvalue weighted by Crippen LogP contribution is 2.30. The van der Waals surface area contributed by atoms with Crippen LogP contribution in [-0.4, -0.2) is 42.0 Å². The van der Waals surface area contributed by atoms with Crippen LogP contribution in [0.1, 0.15) is 36.4 Å². The maximum absolute atomic E-state index is 12.3. The monoisotopic (exact) mass is 343 g/mol. The second-order valence-corrected chi connectivity index (χ2v) is 7.40. The summed E-state index contributed by atoms with van der Waals surface area (Å²) in [7, 11) is 0. The van der Waals surface area contributed by atoms with E-state index < -0.39 is 0 Å². The molecule has 4 nitrogen and oxygen atoms in total. The van der Waals surface area contributed by atoms with E-state index in [9.17, 15) is 4.79 Å². The van der Waals surface area contributed by atoms with Gasteiger partial charge >= 0.3 is 0 Å². The number of piperidine rings is 2. The molecule has 0 radical (unpaired) electrons. The molecule has 1 N–H and O–H groups in total. The topological polar surface area (TPSA) is 45.2 Å². The minimum Gasteiger partial charge on any atom is -0.342 e. The molecule has 0 atom stereocenters. The average Bonchev–Trinajstić information content (AvgIpc) is 2.93. The predicted octanol–water partition coefficient (Wildman–Crippen LogP) is 2.65. The molecule has 124 valence electrons. The number of halogens is 1. The summed E-state index contributed by atoms with van der Waals surface area (Å²) in [5.74, 6) is 1.96. The number of hydrogen-bond donors (Lipinski definition) is 1. The third kappa shape index (κ3) is 4.43. The summed E-state index contributed by atoms with van der Waals surface area (Å²) >= 11 is 1.62. The number of carbonyl (C=O) groups excluding carboxylic acids is 1. The molecular formula is C16H26ClN3OS. The smallest absolute Gasteiger partial charge is 0.228 e. The number of likely N-dealkylation sites (tertiary alicyclic amines) is 1. The molecule has 3 rings (SSSR count). The molecule has 1 amide bonds. The second-order valence-electron chi connectivity index (χ2n) is 6.34. The fourth-order valence-corrected chi connectivity index (χ4v) is 4.30. The SMILES string of the molecule is Cc1nc(CC(=O)N2CCC(C3CCNCC3)CC2)cs1.Cl. The maximum atomic E-state index is 12.3. The van der Waals surface area contributed by atoms with Gasteiger partial charge in [0.05, 0.1) is 17.1 Å². The van der Waals surface area contributed by atoms with Crippen LogP contribution in [0.4, 0.5) is 0 Å². The molecule has 0 aromatic carbocycles. The fourth-order valence-electron chi connectivity index (χ4n) is 3.69. The van der Waals surface area contributed by atoms with Gasteiger partial charge in [0.25, 0.3) is 0 Å². The first-order chi connectivity index (χ1) is 10.2. The Hall–Kier alpha value is -0.650. The summed E-state index contributed by atoms with van der Waals surface area (Å²) in [5, 5.41) is 6.49. The van der Waals surface area contributed by atoms with Crippen molar-refractivity contribution < 1.29 is 4.79 Å². The molecule has 2 saturated heterocycles. The van der Waals surface area contributed by atoms with Crippen LogP contribution in [0.2, 0.25) is 0 Å². The third-order valence-electron chi connectivity index (χ3n) is 4.94. The van der Waals surface area contributed by atoms with Gasteiger partial charge in [0.2, 0.25) is 5.91 Å². The lowest BCUT2D eigenvalue weighted by Crippen LogP contribution is -2.42. The molecule has 0 unspecified atom stereocenters. The number of hydrogen-bond acceptors (Lipinski definition) is 4. The van der Waals surface area contributed by atoms with Crippen molar-refractivity contribution in [1.82, 2.24) is 15.2 Å². The Bertz CT molecular complexity index is 479. The number of nitrogens with zero attached hydrogens (tertiary/aromatic N) is 2. The van der Waals surface area contributed by atoms with E-state index in [1.54, 1.807) is 11.3 Å². The molecule has 3 heterocycles. The van der Waals surface area contributed by atoms with Crippen molar-refractivity contribution in [2.24, 2.45) is 11.8 Å². The van der Waals surface area contributed by atoms with Gasteiger partial charge in [0.15, 0.2) is 0 Å². The molecule has 2 aliphatic heterocycles. The van der Waals surface area contributed by atoms with Gasteiger partial charge in [-0.2, -0.15) is 0 Å². The van der Waals surface area contributed by atoms with E-state index in [0.29, 0.717) is 6.42 Å². The van der Waals surface area contributed by atoms with Crippen LogP contribution in [0.15, 0.2) is 5.38 Å². The molecule has 0 bridgehead atoms. The number of thiazole rings is 1. The van der Waals surface area contributed by atoms with Crippen LogP contribution in [-0.2, 0) is 11.2 Å². The normalized spacial score (nSPS) is 20.7. The molecule has 6 heteroatoms. The lowest BCUT2D eigenvalue weighted by molar-refractivity contribution is -0.132. The van der Waals surface area contributed by atoms with Gasteiger partial charge in [-0.05, 0) is 57.5 Å². The first kappa shape index (κ1) is 17.7. The van der Waals surface area contributed by atoms with Gasteiger partial charge < -0.3 is 10.2 Å². The number of nitrogens with one attached hydrogen (secondary N) is 1. The molecule has 0 spiro atoms. The largest absolute Gasteiger partial charge is 0.342 e. The zero-order valence-electron chi connectivity index (χ0n) is 13.2. The Morgan fingerprint density at radius 3 is 2.50 bits per heavy atom. The quantitative estimate of drug-likeness (QED) is 0.917. The number of aryl methyl sites for hydroxylation is 1. The zero-order chi connectivity index (χ0) is 14.7. The van der Waals surface area contributed by atoms with E-state index in [-0.39, 0.29) is 18.3 Å². The van der Waals surface area contributed by atoms with Crippen molar-refractivity contribution in [1.29, 1.82) is 0 Å². The van der Waals surface area contributed by atoms with Gasteiger partial charge in [-0.25, -0.2) is 4.98 Å². The average molecular weight is 344 g/mol. The van der Waals surface area contributed by atoms with Crippen molar-refractivity contribution in [2.45, 2.75) is 39.0 Å². The van der Waals surface area contributed by atoms with Gasteiger partial charge in [0.1, 0.15) is 0 Å². The van der Waals surface area contributed by atoms with E-state index >= 15 is 0 Å². The van der Waals surface area contributed by atoms with Crippen LogP contribution >= 0.6 is 23.7 Å². The van der Waals surface area contributed by atoms with Crippen LogP contribution in [0.25, 0.3) is 0 Å². The maximum Gasteiger partial charge on any atom is 0.228 e. The number of aromatic nitrogens is 1. The van der Waals surface area contributed by atoms with E-state index in [4.69, 9.17) is 0 Å². The Morgan fingerprint density at radius 1 is 1.27 bits per heavy atom. The molecule has 0 saturated carbocycles. The highest BCUT2D eigenvalue weighted by molar-refractivity contribution is 7.09. The van der Waals surface area contributed by atoms with E-state index in [1.165, 1.54) is 38.8 Å². The van der Waals surface area contributed by atoms with Crippen LogP contribution < -0.4 is 5.32 Å². The predicted molar refractivity (Wildman–Crippen MR) is 92.7 cm³/mol. The molecule has 1 aromatic rings. The van der Waals surface area contributed by atoms with Crippen LogP contribution in [0, 0.1) is 18.8 Å². The first-order valence-electron chi connectivity index (χ1n) is 8.12. The van der Waals surface area contributed by atoms with E-state index in [1.807, 2.05) is 17.2 Å². The Labute approximate surface area is 143 Å². The van der Waals surface area contributed by atoms with Crippen LogP contribution in [0.5, 0.6) is 0 Å². The number of rotatable bonds is 3. The summed E-state index contributed by atoms with van der Waals surface area (Å²) in [4.78, 5) is 18.8. The standard InChI is InChI=1S/C16H25N3OS.ClH/c1-12-18-15(11-21-12)10-16(20)19-8-4-14(5-9-19)13-2-6-17-7-3-13;/h11,13-14,17H,2-10H2,1H3;1H. The molecule has 2 aliphatic rings. The Kier molecular flexibility index (Phi) is 6.66. The lowest BCUT2D eigenvalue weighted by Gasteiger charge is -2.37. The summed E-state index contributed by atoms with van der Waals surface area (Å²) in [6.45, 7) is 6.22. The van der Waals surface area contributed by atoms with Crippen LogP contribution in [0.3, 0.4) is 0 Å². The van der Waals surface area contributed by atoms with Crippen molar-refractivity contribution >= 4 is 29.7 Å². The van der Waals surface area contributed by atoms with Crippen molar-refractivity contribution in [3.63, 3.8) is 0 Å². The second kappa shape index (κ2) is 8.27. The van der Waals surface area contributed by atoms with E-state index in [0.717, 1.165) is 35.6 Å². The Balaban J connectivity index is 0.00000176. The number of amides is 1. The third-order valence-corrected chi connectivity index (χ3v) is 5.76. The van der Waals surface area contributed by atoms with Crippen molar-refractivity contribution in [2.75, 3.05) is 26.2 Å². The zero-order valence-corrected chi connectivity index (χ0v) is 14.8. The highest BCUT2D eigenvalue weighted by Gasteiger charge is 2.29. The Morgan fingerprint density at radius 2 is 1.91 bits per heavy atom. The molecule has 1 aromatic heterocycles. The summed E-state index contributed by atoms with van der Waals surface area (Å²) in [6, 6.07) is 0. The summed E-state index contributed by atoms with van der Waals surface area (Å²) in [6.07, 6.45) is 5.48.